The number of nitrogens with one attached hydrogen (secondary N) is 1. The number of piperazine rings is 1. The van der Waals surface area contributed by atoms with E-state index in [1.54, 1.807) is 23.4 Å². The van der Waals surface area contributed by atoms with Crippen molar-refractivity contribution >= 4 is 21.9 Å². The highest BCUT2D eigenvalue weighted by Gasteiger charge is 2.22. The van der Waals surface area contributed by atoms with E-state index in [9.17, 15) is 17.6 Å². The number of carbonyl (C=O) groups excluding carboxylic acids is 1. The number of amides is 1. The quantitative estimate of drug-likeness (QED) is 0.689. The van der Waals surface area contributed by atoms with Gasteiger partial charge in [0.1, 0.15) is 5.82 Å². The SMILES string of the molecule is O=C(CCCNS(=O)(=O)c1ccc(F)cc1)N1CCN(c2ncccn2)CC1. The van der Waals surface area contributed by atoms with Crippen LogP contribution in [0.1, 0.15) is 12.8 Å². The Bertz CT molecular complexity index is 885. The van der Waals surface area contributed by atoms with Crippen molar-refractivity contribution in [2.75, 3.05) is 37.6 Å². The van der Waals surface area contributed by atoms with Crippen molar-refractivity contribution in [1.82, 2.24) is 19.6 Å². The summed E-state index contributed by atoms with van der Waals surface area (Å²) < 4.78 is 39.6. The van der Waals surface area contributed by atoms with Crippen LogP contribution < -0.4 is 9.62 Å². The Hall–Kier alpha value is -2.59. The number of nitrogens with zero attached hydrogens (tertiary/aromatic N) is 4. The van der Waals surface area contributed by atoms with E-state index in [1.165, 1.54) is 12.1 Å². The van der Waals surface area contributed by atoms with Crippen LogP contribution in [0.25, 0.3) is 0 Å². The first-order valence-corrected chi connectivity index (χ1v) is 10.5. The van der Waals surface area contributed by atoms with Gasteiger partial charge in [-0.3, -0.25) is 4.79 Å². The lowest BCUT2D eigenvalue weighted by Crippen LogP contribution is -2.49. The minimum atomic E-state index is -3.70. The summed E-state index contributed by atoms with van der Waals surface area (Å²) in [4.78, 5) is 24.6. The van der Waals surface area contributed by atoms with E-state index in [4.69, 9.17) is 0 Å². The summed E-state index contributed by atoms with van der Waals surface area (Å²) in [6.45, 7) is 2.62. The average molecular weight is 407 g/mol. The van der Waals surface area contributed by atoms with Gasteiger partial charge < -0.3 is 9.80 Å². The van der Waals surface area contributed by atoms with Crippen LogP contribution in [-0.4, -0.2) is 61.9 Å². The molecule has 0 bridgehead atoms. The van der Waals surface area contributed by atoms with Crippen molar-refractivity contribution in [2.24, 2.45) is 0 Å². The summed E-state index contributed by atoms with van der Waals surface area (Å²) in [7, 11) is -3.70. The number of hydrogen-bond donors (Lipinski definition) is 1. The van der Waals surface area contributed by atoms with Crippen LogP contribution >= 0.6 is 0 Å². The van der Waals surface area contributed by atoms with Gasteiger partial charge in [-0.15, -0.1) is 0 Å². The highest BCUT2D eigenvalue weighted by molar-refractivity contribution is 7.89. The van der Waals surface area contributed by atoms with Crippen molar-refractivity contribution in [3.8, 4) is 0 Å². The predicted molar refractivity (Wildman–Crippen MR) is 102 cm³/mol. The predicted octanol–water partition coefficient (Wildman–Crippen LogP) is 1.02. The highest BCUT2D eigenvalue weighted by atomic mass is 32.2. The second-order valence-corrected chi connectivity index (χ2v) is 8.14. The molecule has 1 N–H and O–H groups in total. The van der Waals surface area contributed by atoms with E-state index in [0.29, 0.717) is 38.5 Å². The van der Waals surface area contributed by atoms with Crippen LogP contribution in [0.15, 0.2) is 47.6 Å². The van der Waals surface area contributed by atoms with Gasteiger partial charge in [-0.05, 0) is 36.8 Å². The summed E-state index contributed by atoms with van der Waals surface area (Å²) in [5, 5.41) is 0. The molecule has 3 rings (SSSR count). The molecule has 10 heteroatoms. The van der Waals surface area contributed by atoms with Crippen LogP contribution in [0.5, 0.6) is 0 Å². The molecule has 0 radical (unpaired) electrons. The van der Waals surface area contributed by atoms with Gasteiger partial charge in [0.25, 0.3) is 0 Å². The first-order valence-electron chi connectivity index (χ1n) is 9.01. The van der Waals surface area contributed by atoms with Crippen LogP contribution in [0.4, 0.5) is 10.3 Å². The van der Waals surface area contributed by atoms with Crippen molar-refractivity contribution in [3.63, 3.8) is 0 Å². The molecule has 1 fully saturated rings. The molecule has 8 nitrogen and oxygen atoms in total. The van der Waals surface area contributed by atoms with Gasteiger partial charge in [0, 0.05) is 51.5 Å². The molecule has 0 saturated carbocycles. The summed E-state index contributed by atoms with van der Waals surface area (Å²) in [6, 6.07) is 6.36. The number of benzene rings is 1. The lowest BCUT2D eigenvalue weighted by atomic mass is 10.2. The zero-order chi connectivity index (χ0) is 20.0. The molecule has 1 aliphatic rings. The second kappa shape index (κ2) is 9.07. The minimum absolute atomic E-state index is 0.000482. The number of anilines is 1. The summed E-state index contributed by atoms with van der Waals surface area (Å²) in [5.41, 5.74) is 0. The van der Waals surface area contributed by atoms with E-state index < -0.39 is 15.8 Å². The molecule has 28 heavy (non-hydrogen) atoms. The van der Waals surface area contributed by atoms with Crippen molar-refractivity contribution < 1.29 is 17.6 Å². The van der Waals surface area contributed by atoms with Crippen LogP contribution in [0, 0.1) is 5.82 Å². The summed E-state index contributed by atoms with van der Waals surface area (Å²) >= 11 is 0. The Morgan fingerprint density at radius 1 is 1.07 bits per heavy atom. The molecule has 1 saturated heterocycles. The molecule has 0 unspecified atom stereocenters. The average Bonchev–Trinajstić information content (AvgIpc) is 2.72. The molecule has 1 aromatic carbocycles. The van der Waals surface area contributed by atoms with Gasteiger partial charge in [0.2, 0.25) is 21.9 Å². The van der Waals surface area contributed by atoms with E-state index >= 15 is 0 Å². The van der Waals surface area contributed by atoms with Gasteiger partial charge in [0.05, 0.1) is 4.90 Å². The first-order chi connectivity index (χ1) is 13.5. The lowest BCUT2D eigenvalue weighted by Gasteiger charge is -2.34. The molecule has 1 aliphatic heterocycles. The van der Waals surface area contributed by atoms with Crippen LogP contribution in [0.2, 0.25) is 0 Å². The number of sulfonamides is 1. The van der Waals surface area contributed by atoms with Gasteiger partial charge >= 0.3 is 0 Å². The van der Waals surface area contributed by atoms with Crippen molar-refractivity contribution in [3.05, 3.63) is 48.5 Å². The molecule has 0 atom stereocenters. The van der Waals surface area contributed by atoms with E-state index in [2.05, 4.69) is 14.7 Å². The summed E-state index contributed by atoms with van der Waals surface area (Å²) in [5.74, 6) is 0.155. The molecule has 0 aliphatic carbocycles. The van der Waals surface area contributed by atoms with Crippen LogP contribution in [-0.2, 0) is 14.8 Å². The maximum absolute atomic E-state index is 12.9. The third-order valence-electron chi connectivity index (χ3n) is 4.45. The third-order valence-corrected chi connectivity index (χ3v) is 5.93. The van der Waals surface area contributed by atoms with E-state index in [-0.39, 0.29) is 23.8 Å². The Morgan fingerprint density at radius 3 is 2.36 bits per heavy atom. The normalized spacial score (nSPS) is 14.9. The van der Waals surface area contributed by atoms with Gasteiger partial charge in [-0.25, -0.2) is 27.5 Å². The molecular weight excluding hydrogens is 385 g/mol. The van der Waals surface area contributed by atoms with E-state index in [0.717, 1.165) is 12.1 Å². The fourth-order valence-corrected chi connectivity index (χ4v) is 3.99. The van der Waals surface area contributed by atoms with Gasteiger partial charge in [-0.2, -0.15) is 0 Å². The standard InChI is InChI=1S/C18H22FN5O3S/c19-15-4-6-16(7-5-15)28(26,27)22-10-1-3-17(25)23-11-13-24(14-12-23)18-20-8-2-9-21-18/h2,4-9,22H,1,3,10-14H2. The Balaban J connectivity index is 1.40. The third kappa shape index (κ3) is 5.23. The smallest absolute Gasteiger partial charge is 0.240 e. The molecule has 1 aromatic heterocycles. The number of hydrogen-bond acceptors (Lipinski definition) is 6. The van der Waals surface area contributed by atoms with Crippen molar-refractivity contribution in [1.29, 1.82) is 0 Å². The fourth-order valence-electron chi connectivity index (χ4n) is 2.91. The zero-order valence-electron chi connectivity index (χ0n) is 15.3. The van der Waals surface area contributed by atoms with Gasteiger partial charge in [0.15, 0.2) is 0 Å². The number of carbonyl (C=O) groups is 1. The lowest BCUT2D eigenvalue weighted by molar-refractivity contribution is -0.131. The van der Waals surface area contributed by atoms with Crippen LogP contribution in [0.3, 0.4) is 0 Å². The fraction of sp³-hybridized carbons (Fsp3) is 0.389. The Morgan fingerprint density at radius 2 is 1.71 bits per heavy atom. The molecule has 150 valence electrons. The Labute approximate surface area is 163 Å². The van der Waals surface area contributed by atoms with Crippen molar-refractivity contribution in [2.45, 2.75) is 17.7 Å². The maximum Gasteiger partial charge on any atom is 0.240 e. The molecule has 2 heterocycles. The monoisotopic (exact) mass is 407 g/mol. The number of halogens is 1. The molecule has 0 spiro atoms. The second-order valence-electron chi connectivity index (χ2n) is 6.37. The summed E-state index contributed by atoms with van der Waals surface area (Å²) in [6.07, 6.45) is 4.02. The van der Waals surface area contributed by atoms with Gasteiger partial charge in [-0.1, -0.05) is 0 Å². The Kier molecular flexibility index (Phi) is 6.53. The largest absolute Gasteiger partial charge is 0.339 e. The molecule has 1 amide bonds. The zero-order valence-corrected chi connectivity index (χ0v) is 16.1. The minimum Gasteiger partial charge on any atom is -0.339 e. The highest BCUT2D eigenvalue weighted by Crippen LogP contribution is 2.12. The topological polar surface area (TPSA) is 95.5 Å². The number of rotatable bonds is 7. The maximum atomic E-state index is 12.9. The number of aromatic nitrogens is 2. The molecule has 2 aromatic rings. The van der Waals surface area contributed by atoms with E-state index in [1.807, 2.05) is 4.90 Å². The first kappa shape index (κ1) is 20.2. The molecular formula is C18H22FN5O3S.